The van der Waals surface area contributed by atoms with Gasteiger partial charge in [0, 0.05) is 17.9 Å². The fourth-order valence-corrected chi connectivity index (χ4v) is 2.52. The summed E-state index contributed by atoms with van der Waals surface area (Å²) in [5.74, 6) is 0.791. The van der Waals surface area contributed by atoms with E-state index >= 15 is 0 Å². The van der Waals surface area contributed by atoms with Crippen LogP contribution in [0.2, 0.25) is 0 Å². The standard InChI is InChI=1S/C14H22FN3/c1-10-11-8-14(2,3)5-4-12(11)18-13(17-10)9-16-7-6-15/h16H,4-9H2,1-3H3. The molecule has 1 N–H and O–H groups in total. The van der Waals surface area contributed by atoms with Gasteiger partial charge in [-0.1, -0.05) is 13.8 Å². The van der Waals surface area contributed by atoms with Gasteiger partial charge in [-0.2, -0.15) is 0 Å². The lowest BCUT2D eigenvalue weighted by Gasteiger charge is -2.31. The van der Waals surface area contributed by atoms with Crippen LogP contribution in [0, 0.1) is 12.3 Å². The molecule has 0 aromatic carbocycles. The molecule has 0 atom stereocenters. The number of aryl methyl sites for hydroxylation is 2. The second-order valence-corrected chi connectivity index (χ2v) is 5.86. The van der Waals surface area contributed by atoms with Crippen molar-refractivity contribution < 1.29 is 4.39 Å². The quantitative estimate of drug-likeness (QED) is 0.835. The molecule has 1 aliphatic rings. The minimum Gasteiger partial charge on any atom is -0.307 e. The second kappa shape index (κ2) is 5.31. The number of alkyl halides is 1. The first-order valence-corrected chi connectivity index (χ1v) is 6.64. The molecule has 0 radical (unpaired) electrons. The monoisotopic (exact) mass is 251 g/mol. The van der Waals surface area contributed by atoms with E-state index < -0.39 is 0 Å². The topological polar surface area (TPSA) is 37.8 Å². The fraction of sp³-hybridized carbons (Fsp3) is 0.714. The Morgan fingerprint density at radius 1 is 1.33 bits per heavy atom. The van der Waals surface area contributed by atoms with Crippen molar-refractivity contribution in [3.8, 4) is 0 Å². The number of nitrogens with zero attached hydrogens (tertiary/aromatic N) is 2. The van der Waals surface area contributed by atoms with E-state index in [4.69, 9.17) is 0 Å². The highest BCUT2D eigenvalue weighted by Crippen LogP contribution is 2.34. The summed E-state index contributed by atoms with van der Waals surface area (Å²) in [6.07, 6.45) is 3.27. The van der Waals surface area contributed by atoms with Crippen LogP contribution in [0.25, 0.3) is 0 Å². The number of aromatic nitrogens is 2. The molecule has 1 aliphatic carbocycles. The number of fused-ring (bicyclic) bond motifs is 1. The summed E-state index contributed by atoms with van der Waals surface area (Å²) in [5.41, 5.74) is 3.96. The maximum Gasteiger partial charge on any atom is 0.142 e. The van der Waals surface area contributed by atoms with E-state index in [0.717, 1.165) is 24.4 Å². The third-order valence-corrected chi connectivity index (χ3v) is 3.59. The van der Waals surface area contributed by atoms with Crippen LogP contribution in [0.15, 0.2) is 0 Å². The van der Waals surface area contributed by atoms with Gasteiger partial charge in [0.05, 0.1) is 6.54 Å². The van der Waals surface area contributed by atoms with Crippen LogP contribution in [0.1, 0.15) is 43.0 Å². The minimum atomic E-state index is -0.349. The highest BCUT2D eigenvalue weighted by molar-refractivity contribution is 5.29. The Hall–Kier alpha value is -1.03. The van der Waals surface area contributed by atoms with Crippen LogP contribution in [0.5, 0.6) is 0 Å². The van der Waals surface area contributed by atoms with E-state index in [1.165, 1.54) is 17.7 Å². The summed E-state index contributed by atoms with van der Waals surface area (Å²) >= 11 is 0. The molecular weight excluding hydrogens is 229 g/mol. The molecule has 0 saturated carbocycles. The first-order valence-electron chi connectivity index (χ1n) is 6.64. The summed E-state index contributed by atoms with van der Waals surface area (Å²) in [6.45, 7) is 7.23. The van der Waals surface area contributed by atoms with Gasteiger partial charge in [-0.05, 0) is 37.2 Å². The molecule has 0 saturated heterocycles. The van der Waals surface area contributed by atoms with Crippen molar-refractivity contribution in [1.29, 1.82) is 0 Å². The molecule has 0 amide bonds. The Bertz CT molecular complexity index is 429. The van der Waals surface area contributed by atoms with Gasteiger partial charge in [-0.3, -0.25) is 0 Å². The Morgan fingerprint density at radius 3 is 2.83 bits per heavy atom. The van der Waals surface area contributed by atoms with Gasteiger partial charge in [0.15, 0.2) is 0 Å². The van der Waals surface area contributed by atoms with Crippen molar-refractivity contribution in [1.82, 2.24) is 15.3 Å². The van der Waals surface area contributed by atoms with E-state index in [1.54, 1.807) is 0 Å². The van der Waals surface area contributed by atoms with Gasteiger partial charge >= 0.3 is 0 Å². The lowest BCUT2D eigenvalue weighted by atomic mass is 9.75. The van der Waals surface area contributed by atoms with Crippen molar-refractivity contribution in [2.45, 2.75) is 46.6 Å². The third-order valence-electron chi connectivity index (χ3n) is 3.59. The maximum atomic E-state index is 12.0. The zero-order chi connectivity index (χ0) is 13.2. The van der Waals surface area contributed by atoms with Crippen molar-refractivity contribution in [3.05, 3.63) is 22.8 Å². The van der Waals surface area contributed by atoms with Crippen LogP contribution < -0.4 is 5.32 Å². The Morgan fingerprint density at radius 2 is 2.11 bits per heavy atom. The van der Waals surface area contributed by atoms with Crippen LogP contribution in [0.3, 0.4) is 0 Å². The van der Waals surface area contributed by atoms with Gasteiger partial charge in [-0.25, -0.2) is 14.4 Å². The van der Waals surface area contributed by atoms with Crippen LogP contribution in [-0.2, 0) is 19.4 Å². The molecule has 3 nitrogen and oxygen atoms in total. The van der Waals surface area contributed by atoms with E-state index in [0.29, 0.717) is 18.5 Å². The zero-order valence-electron chi connectivity index (χ0n) is 11.5. The highest BCUT2D eigenvalue weighted by atomic mass is 19.1. The van der Waals surface area contributed by atoms with Crippen molar-refractivity contribution >= 4 is 0 Å². The molecule has 1 heterocycles. The van der Waals surface area contributed by atoms with Crippen LogP contribution in [-0.4, -0.2) is 23.2 Å². The summed E-state index contributed by atoms with van der Waals surface area (Å²) in [5, 5.41) is 3.00. The zero-order valence-corrected chi connectivity index (χ0v) is 11.5. The molecule has 0 aliphatic heterocycles. The average Bonchev–Trinajstić information content (AvgIpc) is 2.30. The van der Waals surface area contributed by atoms with Crippen molar-refractivity contribution in [3.63, 3.8) is 0 Å². The fourth-order valence-electron chi connectivity index (χ4n) is 2.52. The lowest BCUT2D eigenvalue weighted by molar-refractivity contribution is 0.310. The maximum absolute atomic E-state index is 12.0. The van der Waals surface area contributed by atoms with Gasteiger partial charge in [0.25, 0.3) is 0 Å². The van der Waals surface area contributed by atoms with Crippen molar-refractivity contribution in [2.24, 2.45) is 5.41 Å². The Labute approximate surface area is 108 Å². The van der Waals surface area contributed by atoms with E-state index in [2.05, 4.69) is 36.1 Å². The number of rotatable bonds is 4. The molecule has 1 aromatic rings. The number of hydrogen-bond acceptors (Lipinski definition) is 3. The van der Waals surface area contributed by atoms with Crippen molar-refractivity contribution in [2.75, 3.05) is 13.2 Å². The average molecular weight is 251 g/mol. The second-order valence-electron chi connectivity index (χ2n) is 5.86. The number of nitrogens with one attached hydrogen (secondary N) is 1. The summed E-state index contributed by atoms with van der Waals surface area (Å²) in [4.78, 5) is 9.14. The molecule has 4 heteroatoms. The normalized spacial score (nSPS) is 17.6. The molecule has 0 bridgehead atoms. The highest BCUT2D eigenvalue weighted by Gasteiger charge is 2.27. The van der Waals surface area contributed by atoms with Gasteiger partial charge in [0.1, 0.15) is 12.5 Å². The molecule has 100 valence electrons. The smallest absolute Gasteiger partial charge is 0.142 e. The van der Waals surface area contributed by atoms with Crippen LogP contribution in [0.4, 0.5) is 4.39 Å². The van der Waals surface area contributed by atoms with E-state index in [1.807, 2.05) is 0 Å². The Balaban J connectivity index is 2.17. The molecule has 0 fully saturated rings. The molecule has 1 aromatic heterocycles. The first kappa shape index (κ1) is 13.4. The first-order chi connectivity index (χ1) is 8.52. The molecule has 0 unspecified atom stereocenters. The van der Waals surface area contributed by atoms with Gasteiger partial charge in [-0.15, -0.1) is 0 Å². The van der Waals surface area contributed by atoms with E-state index in [9.17, 15) is 4.39 Å². The number of halogens is 1. The largest absolute Gasteiger partial charge is 0.307 e. The van der Waals surface area contributed by atoms with Gasteiger partial charge in [0.2, 0.25) is 0 Å². The molecular formula is C14H22FN3. The lowest BCUT2D eigenvalue weighted by Crippen LogP contribution is -2.26. The molecule has 2 rings (SSSR count). The predicted octanol–water partition coefficient (Wildman–Crippen LogP) is 2.36. The summed E-state index contributed by atoms with van der Waals surface area (Å²) in [6, 6.07) is 0. The number of hydrogen-bond donors (Lipinski definition) is 1. The summed E-state index contributed by atoms with van der Waals surface area (Å²) < 4.78 is 12.0. The minimum absolute atomic E-state index is 0.349. The summed E-state index contributed by atoms with van der Waals surface area (Å²) in [7, 11) is 0. The third kappa shape index (κ3) is 3.05. The Kier molecular flexibility index (Phi) is 3.95. The molecule has 0 spiro atoms. The molecule has 18 heavy (non-hydrogen) atoms. The van der Waals surface area contributed by atoms with Crippen LogP contribution >= 0.6 is 0 Å². The predicted molar refractivity (Wildman–Crippen MR) is 70.3 cm³/mol. The van der Waals surface area contributed by atoms with Gasteiger partial charge < -0.3 is 5.32 Å². The van der Waals surface area contributed by atoms with E-state index in [-0.39, 0.29) is 6.67 Å². The SMILES string of the molecule is Cc1nc(CNCCF)nc2c1CC(C)(C)CC2.